The first-order valence-corrected chi connectivity index (χ1v) is 9.08. The van der Waals surface area contributed by atoms with Crippen molar-refractivity contribution < 1.29 is 19.1 Å². The van der Waals surface area contributed by atoms with Crippen LogP contribution in [0.3, 0.4) is 0 Å². The van der Waals surface area contributed by atoms with E-state index in [1.165, 1.54) is 5.56 Å². The van der Waals surface area contributed by atoms with Crippen LogP contribution in [0.2, 0.25) is 0 Å². The lowest BCUT2D eigenvalue weighted by molar-refractivity contribution is 0.0734. The van der Waals surface area contributed by atoms with Crippen LogP contribution in [0.4, 0.5) is 0 Å². The van der Waals surface area contributed by atoms with Crippen molar-refractivity contribution in [3.05, 3.63) is 101 Å². The van der Waals surface area contributed by atoms with Crippen molar-refractivity contribution in [3.8, 4) is 11.5 Å². The Kier molecular flexibility index (Phi) is 4.77. The Morgan fingerprint density at radius 2 is 1.75 bits per heavy atom. The number of rotatable bonds is 4. The summed E-state index contributed by atoms with van der Waals surface area (Å²) in [6.45, 7) is 2.09. The lowest BCUT2D eigenvalue weighted by Gasteiger charge is -2.05. The van der Waals surface area contributed by atoms with Crippen LogP contribution in [0.25, 0.3) is 6.08 Å². The number of fused-ring (bicyclic) bond motifs is 1. The second kappa shape index (κ2) is 7.53. The Labute approximate surface area is 163 Å². The summed E-state index contributed by atoms with van der Waals surface area (Å²) < 4.78 is 11.1. The first-order valence-electron chi connectivity index (χ1n) is 9.08. The van der Waals surface area contributed by atoms with Gasteiger partial charge in [-0.15, -0.1) is 0 Å². The van der Waals surface area contributed by atoms with Gasteiger partial charge in [-0.1, -0.05) is 49.4 Å². The van der Waals surface area contributed by atoms with E-state index in [0.29, 0.717) is 22.6 Å². The summed E-state index contributed by atoms with van der Waals surface area (Å²) in [5.41, 5.74) is 3.03. The third kappa shape index (κ3) is 3.58. The molecule has 0 unspecified atom stereocenters. The molecule has 0 atom stereocenters. The van der Waals surface area contributed by atoms with Crippen molar-refractivity contribution in [2.45, 2.75) is 13.3 Å². The topological polar surface area (TPSA) is 52.6 Å². The minimum absolute atomic E-state index is 0.185. The fourth-order valence-corrected chi connectivity index (χ4v) is 2.97. The van der Waals surface area contributed by atoms with Gasteiger partial charge in [-0.3, -0.25) is 4.79 Å². The zero-order valence-corrected chi connectivity index (χ0v) is 15.3. The molecular weight excluding hydrogens is 352 g/mol. The predicted octanol–water partition coefficient (Wildman–Crippen LogP) is 5.08. The summed E-state index contributed by atoms with van der Waals surface area (Å²) in [5.74, 6) is 0.326. The number of aryl methyl sites for hydroxylation is 1. The van der Waals surface area contributed by atoms with E-state index in [0.717, 1.165) is 12.0 Å². The largest absolute Gasteiger partial charge is 0.452 e. The van der Waals surface area contributed by atoms with E-state index < -0.39 is 5.97 Å². The SMILES string of the molecule is CCc1ccc(C=C2Oc3cc(OC(=O)c4ccccc4)ccc3C2=O)cc1. The number of Topliss-reactive ketones (excluding diaryl/α,β-unsaturated/α-hetero) is 1. The highest BCUT2D eigenvalue weighted by Gasteiger charge is 2.28. The van der Waals surface area contributed by atoms with E-state index in [9.17, 15) is 9.59 Å². The first-order chi connectivity index (χ1) is 13.6. The molecule has 0 N–H and O–H groups in total. The summed E-state index contributed by atoms with van der Waals surface area (Å²) in [7, 11) is 0. The lowest BCUT2D eigenvalue weighted by Crippen LogP contribution is -2.08. The molecule has 0 aliphatic carbocycles. The number of hydrogen-bond acceptors (Lipinski definition) is 4. The maximum Gasteiger partial charge on any atom is 0.343 e. The minimum Gasteiger partial charge on any atom is -0.452 e. The Bertz CT molecular complexity index is 1060. The molecule has 0 fully saturated rings. The Hall–Kier alpha value is -3.66. The van der Waals surface area contributed by atoms with Crippen LogP contribution >= 0.6 is 0 Å². The van der Waals surface area contributed by atoms with Crippen LogP contribution in [-0.4, -0.2) is 11.8 Å². The molecule has 0 spiro atoms. The van der Waals surface area contributed by atoms with Crippen molar-refractivity contribution in [3.63, 3.8) is 0 Å². The number of hydrogen-bond donors (Lipinski definition) is 0. The fraction of sp³-hybridized carbons (Fsp3) is 0.0833. The summed E-state index contributed by atoms with van der Waals surface area (Å²) in [5, 5.41) is 0. The average molecular weight is 370 g/mol. The van der Waals surface area contributed by atoms with Gasteiger partial charge in [0.25, 0.3) is 0 Å². The van der Waals surface area contributed by atoms with Gasteiger partial charge in [0, 0.05) is 6.07 Å². The number of carbonyl (C=O) groups excluding carboxylic acids is 2. The summed E-state index contributed by atoms with van der Waals surface area (Å²) >= 11 is 0. The quantitative estimate of drug-likeness (QED) is 0.365. The van der Waals surface area contributed by atoms with Crippen LogP contribution in [0.15, 0.2) is 78.6 Å². The molecule has 138 valence electrons. The van der Waals surface area contributed by atoms with E-state index in [2.05, 4.69) is 6.92 Å². The Morgan fingerprint density at radius 1 is 1.00 bits per heavy atom. The number of esters is 1. The van der Waals surface area contributed by atoms with Gasteiger partial charge in [-0.2, -0.15) is 0 Å². The van der Waals surface area contributed by atoms with Crippen LogP contribution in [-0.2, 0) is 6.42 Å². The van der Waals surface area contributed by atoms with E-state index in [-0.39, 0.29) is 11.5 Å². The third-order valence-electron chi connectivity index (χ3n) is 4.55. The Morgan fingerprint density at radius 3 is 2.46 bits per heavy atom. The average Bonchev–Trinajstić information content (AvgIpc) is 3.04. The zero-order chi connectivity index (χ0) is 19.5. The first kappa shape index (κ1) is 17.7. The molecule has 0 saturated carbocycles. The highest BCUT2D eigenvalue weighted by atomic mass is 16.5. The summed E-state index contributed by atoms with van der Waals surface area (Å²) in [6, 6.07) is 21.5. The van der Waals surface area contributed by atoms with E-state index in [1.54, 1.807) is 48.5 Å². The molecule has 0 saturated heterocycles. The van der Waals surface area contributed by atoms with Gasteiger partial charge in [0.1, 0.15) is 11.5 Å². The van der Waals surface area contributed by atoms with Gasteiger partial charge in [-0.05, 0) is 47.9 Å². The van der Waals surface area contributed by atoms with Crippen molar-refractivity contribution in [1.82, 2.24) is 0 Å². The minimum atomic E-state index is -0.461. The molecular formula is C24H18O4. The van der Waals surface area contributed by atoms with E-state index in [4.69, 9.17) is 9.47 Å². The van der Waals surface area contributed by atoms with Gasteiger partial charge in [0.15, 0.2) is 5.76 Å². The van der Waals surface area contributed by atoms with Gasteiger partial charge in [0.05, 0.1) is 11.1 Å². The smallest absolute Gasteiger partial charge is 0.343 e. The van der Waals surface area contributed by atoms with Gasteiger partial charge < -0.3 is 9.47 Å². The summed E-state index contributed by atoms with van der Waals surface area (Å²) in [6.07, 6.45) is 2.68. The molecule has 1 heterocycles. The summed E-state index contributed by atoms with van der Waals surface area (Å²) in [4.78, 5) is 24.8. The number of ether oxygens (including phenoxy) is 2. The van der Waals surface area contributed by atoms with Crippen LogP contribution < -0.4 is 9.47 Å². The molecule has 0 amide bonds. The maximum absolute atomic E-state index is 12.6. The van der Waals surface area contributed by atoms with Gasteiger partial charge in [-0.25, -0.2) is 4.79 Å². The number of ketones is 1. The molecule has 0 radical (unpaired) electrons. The normalized spacial score (nSPS) is 13.9. The second-order valence-corrected chi connectivity index (χ2v) is 6.45. The van der Waals surface area contributed by atoms with E-state index >= 15 is 0 Å². The number of allylic oxidation sites excluding steroid dienone is 1. The molecule has 1 aliphatic rings. The Balaban J connectivity index is 1.54. The van der Waals surface area contributed by atoms with Crippen molar-refractivity contribution in [2.75, 3.05) is 0 Å². The second-order valence-electron chi connectivity index (χ2n) is 6.45. The standard InChI is InChI=1S/C24H18O4/c1-2-16-8-10-17(11-9-16)14-22-23(25)20-13-12-19(15-21(20)28-22)27-24(26)18-6-4-3-5-7-18/h3-15H,2H2,1H3. The highest BCUT2D eigenvalue weighted by Crippen LogP contribution is 2.35. The molecule has 3 aromatic carbocycles. The monoisotopic (exact) mass is 370 g/mol. The van der Waals surface area contributed by atoms with E-state index in [1.807, 2.05) is 30.3 Å². The van der Waals surface area contributed by atoms with Crippen LogP contribution in [0.1, 0.15) is 38.8 Å². The molecule has 0 bridgehead atoms. The van der Waals surface area contributed by atoms with Crippen LogP contribution in [0.5, 0.6) is 11.5 Å². The molecule has 0 aromatic heterocycles. The van der Waals surface area contributed by atoms with Crippen molar-refractivity contribution in [2.24, 2.45) is 0 Å². The number of benzene rings is 3. The highest BCUT2D eigenvalue weighted by molar-refractivity contribution is 6.14. The molecule has 4 heteroatoms. The molecule has 3 aromatic rings. The maximum atomic E-state index is 12.6. The molecule has 4 nitrogen and oxygen atoms in total. The van der Waals surface area contributed by atoms with Crippen molar-refractivity contribution >= 4 is 17.8 Å². The molecule has 28 heavy (non-hydrogen) atoms. The van der Waals surface area contributed by atoms with Crippen LogP contribution in [0, 0.1) is 0 Å². The molecule has 1 aliphatic heterocycles. The lowest BCUT2D eigenvalue weighted by atomic mass is 10.1. The van der Waals surface area contributed by atoms with Crippen molar-refractivity contribution in [1.29, 1.82) is 0 Å². The number of carbonyl (C=O) groups is 2. The zero-order valence-electron chi connectivity index (χ0n) is 15.3. The van der Waals surface area contributed by atoms with Gasteiger partial charge in [0.2, 0.25) is 5.78 Å². The van der Waals surface area contributed by atoms with Gasteiger partial charge >= 0.3 is 5.97 Å². The molecule has 4 rings (SSSR count). The third-order valence-corrected chi connectivity index (χ3v) is 4.55. The fourth-order valence-electron chi connectivity index (χ4n) is 2.97. The predicted molar refractivity (Wildman–Crippen MR) is 107 cm³/mol.